The Morgan fingerprint density at radius 1 is 1.32 bits per heavy atom. The Hall–Kier alpha value is -1.03. The van der Waals surface area contributed by atoms with Crippen LogP contribution in [0.25, 0.3) is 0 Å². The SMILES string of the molecule is C=CCOc1ccc(CN2CCC3(CCNCC3)C2)cc1Cl. The highest BCUT2D eigenvalue weighted by molar-refractivity contribution is 6.32. The molecule has 0 aliphatic carbocycles. The Bertz CT molecular complexity index is 526. The topological polar surface area (TPSA) is 24.5 Å². The van der Waals surface area contributed by atoms with E-state index in [4.69, 9.17) is 16.3 Å². The van der Waals surface area contributed by atoms with E-state index in [0.29, 0.717) is 17.0 Å². The third-order valence-electron chi connectivity index (χ3n) is 4.94. The molecular formula is C18H25ClN2O. The average molecular weight is 321 g/mol. The molecule has 1 spiro atoms. The van der Waals surface area contributed by atoms with Gasteiger partial charge < -0.3 is 10.1 Å². The van der Waals surface area contributed by atoms with E-state index in [-0.39, 0.29) is 0 Å². The van der Waals surface area contributed by atoms with Gasteiger partial charge in [-0.1, -0.05) is 30.3 Å². The maximum atomic E-state index is 6.31. The van der Waals surface area contributed by atoms with E-state index in [1.165, 1.54) is 51.0 Å². The summed E-state index contributed by atoms with van der Waals surface area (Å²) >= 11 is 6.31. The zero-order valence-corrected chi connectivity index (χ0v) is 13.9. The zero-order chi connectivity index (χ0) is 15.4. The smallest absolute Gasteiger partial charge is 0.138 e. The molecule has 1 aromatic carbocycles. The van der Waals surface area contributed by atoms with E-state index in [1.807, 2.05) is 12.1 Å². The van der Waals surface area contributed by atoms with Crippen LogP contribution in [0.15, 0.2) is 30.9 Å². The summed E-state index contributed by atoms with van der Waals surface area (Å²) < 4.78 is 5.53. The van der Waals surface area contributed by atoms with Crippen LogP contribution in [0.4, 0.5) is 0 Å². The first kappa shape index (κ1) is 15.9. The van der Waals surface area contributed by atoms with Gasteiger partial charge in [0, 0.05) is 13.1 Å². The molecule has 0 unspecified atom stereocenters. The van der Waals surface area contributed by atoms with Crippen LogP contribution < -0.4 is 10.1 Å². The van der Waals surface area contributed by atoms with Crippen molar-refractivity contribution in [2.75, 3.05) is 32.8 Å². The molecule has 1 N–H and O–H groups in total. The molecule has 120 valence electrons. The highest BCUT2D eigenvalue weighted by Gasteiger charge is 2.38. The fourth-order valence-corrected chi connectivity index (χ4v) is 3.95. The molecule has 0 amide bonds. The lowest BCUT2D eigenvalue weighted by molar-refractivity contribution is 0.194. The monoisotopic (exact) mass is 320 g/mol. The lowest BCUT2D eigenvalue weighted by atomic mass is 9.78. The van der Waals surface area contributed by atoms with Crippen LogP contribution >= 0.6 is 11.6 Å². The van der Waals surface area contributed by atoms with Gasteiger partial charge in [0.2, 0.25) is 0 Å². The summed E-state index contributed by atoms with van der Waals surface area (Å²) in [6, 6.07) is 6.13. The van der Waals surface area contributed by atoms with Gasteiger partial charge in [-0.25, -0.2) is 0 Å². The van der Waals surface area contributed by atoms with Gasteiger partial charge in [0.25, 0.3) is 0 Å². The van der Waals surface area contributed by atoms with Gasteiger partial charge in [0.1, 0.15) is 12.4 Å². The van der Waals surface area contributed by atoms with Crippen molar-refractivity contribution in [3.8, 4) is 5.75 Å². The number of hydrogen-bond acceptors (Lipinski definition) is 3. The van der Waals surface area contributed by atoms with Crippen LogP contribution in [0.5, 0.6) is 5.75 Å². The maximum absolute atomic E-state index is 6.31. The van der Waals surface area contributed by atoms with Gasteiger partial charge >= 0.3 is 0 Å². The fraction of sp³-hybridized carbons (Fsp3) is 0.556. The van der Waals surface area contributed by atoms with Gasteiger partial charge in [-0.15, -0.1) is 0 Å². The second-order valence-electron chi connectivity index (χ2n) is 6.58. The predicted molar refractivity (Wildman–Crippen MR) is 91.6 cm³/mol. The quantitative estimate of drug-likeness (QED) is 0.841. The molecule has 4 heteroatoms. The zero-order valence-electron chi connectivity index (χ0n) is 13.1. The third kappa shape index (κ3) is 3.65. The predicted octanol–water partition coefficient (Wildman–Crippen LogP) is 3.48. The van der Waals surface area contributed by atoms with Crippen LogP contribution in [-0.2, 0) is 6.54 Å². The minimum absolute atomic E-state index is 0.488. The van der Waals surface area contributed by atoms with Crippen molar-refractivity contribution in [3.05, 3.63) is 41.4 Å². The molecule has 2 aliphatic rings. The number of nitrogens with one attached hydrogen (secondary N) is 1. The van der Waals surface area contributed by atoms with E-state index in [0.717, 1.165) is 12.3 Å². The van der Waals surface area contributed by atoms with Crippen LogP contribution in [0.2, 0.25) is 5.02 Å². The van der Waals surface area contributed by atoms with E-state index in [2.05, 4.69) is 22.9 Å². The van der Waals surface area contributed by atoms with Gasteiger partial charge in [-0.2, -0.15) is 0 Å². The van der Waals surface area contributed by atoms with Crippen molar-refractivity contribution in [3.63, 3.8) is 0 Å². The Morgan fingerprint density at radius 3 is 2.86 bits per heavy atom. The summed E-state index contributed by atoms with van der Waals surface area (Å²) in [5.74, 6) is 0.738. The molecule has 1 aromatic rings. The number of rotatable bonds is 5. The molecule has 2 fully saturated rings. The summed E-state index contributed by atoms with van der Waals surface area (Å²) in [6.07, 6.45) is 5.70. The maximum Gasteiger partial charge on any atom is 0.138 e. The molecular weight excluding hydrogens is 296 g/mol. The molecule has 3 nitrogen and oxygen atoms in total. The fourth-order valence-electron chi connectivity index (χ4n) is 3.69. The first-order valence-electron chi connectivity index (χ1n) is 8.16. The molecule has 3 rings (SSSR count). The number of nitrogens with zero attached hydrogens (tertiary/aromatic N) is 1. The van der Waals surface area contributed by atoms with Gasteiger partial charge in [0.15, 0.2) is 0 Å². The summed E-state index contributed by atoms with van der Waals surface area (Å²) in [5.41, 5.74) is 1.82. The van der Waals surface area contributed by atoms with E-state index < -0.39 is 0 Å². The van der Waals surface area contributed by atoms with Gasteiger partial charge in [0.05, 0.1) is 5.02 Å². The van der Waals surface area contributed by atoms with Crippen LogP contribution in [0.1, 0.15) is 24.8 Å². The number of benzene rings is 1. The largest absolute Gasteiger partial charge is 0.488 e. The molecule has 22 heavy (non-hydrogen) atoms. The van der Waals surface area contributed by atoms with Crippen molar-refractivity contribution in [2.24, 2.45) is 5.41 Å². The van der Waals surface area contributed by atoms with E-state index in [9.17, 15) is 0 Å². The van der Waals surface area contributed by atoms with Crippen LogP contribution in [0.3, 0.4) is 0 Å². The third-order valence-corrected chi connectivity index (χ3v) is 5.24. The van der Waals surface area contributed by atoms with E-state index in [1.54, 1.807) is 6.08 Å². The van der Waals surface area contributed by atoms with Crippen molar-refractivity contribution in [2.45, 2.75) is 25.8 Å². The Labute approximate surface area is 138 Å². The number of piperidine rings is 1. The average Bonchev–Trinajstić information content (AvgIpc) is 2.89. The molecule has 0 atom stereocenters. The molecule has 2 aliphatic heterocycles. The second kappa shape index (κ2) is 7.03. The Morgan fingerprint density at radius 2 is 2.14 bits per heavy atom. The highest BCUT2D eigenvalue weighted by Crippen LogP contribution is 2.39. The van der Waals surface area contributed by atoms with E-state index >= 15 is 0 Å². The van der Waals surface area contributed by atoms with Crippen LogP contribution in [-0.4, -0.2) is 37.7 Å². The molecule has 2 saturated heterocycles. The second-order valence-corrected chi connectivity index (χ2v) is 6.98. The summed E-state index contributed by atoms with van der Waals surface area (Å²) in [7, 11) is 0. The molecule has 0 aromatic heterocycles. The lowest BCUT2D eigenvalue weighted by Gasteiger charge is -2.34. The number of halogens is 1. The lowest BCUT2D eigenvalue weighted by Crippen LogP contribution is -2.38. The summed E-state index contributed by atoms with van der Waals surface area (Å²) in [6.45, 7) is 9.90. The number of likely N-dealkylation sites (tertiary alicyclic amines) is 1. The Kier molecular flexibility index (Phi) is 5.07. The van der Waals surface area contributed by atoms with Gasteiger partial charge in [-0.3, -0.25) is 4.90 Å². The number of ether oxygens (including phenoxy) is 1. The first-order valence-corrected chi connectivity index (χ1v) is 8.54. The molecule has 0 bridgehead atoms. The molecule has 0 radical (unpaired) electrons. The first-order chi connectivity index (χ1) is 10.7. The minimum Gasteiger partial charge on any atom is -0.488 e. The standard InChI is InChI=1S/C18H25ClN2O/c1-2-11-22-17-4-3-15(12-16(17)19)13-21-10-7-18(14-21)5-8-20-9-6-18/h2-4,12,20H,1,5-11,13-14H2. The number of hydrogen-bond donors (Lipinski definition) is 1. The Balaban J connectivity index is 1.59. The molecule has 2 heterocycles. The van der Waals surface area contributed by atoms with Crippen molar-refractivity contribution < 1.29 is 4.74 Å². The van der Waals surface area contributed by atoms with Gasteiger partial charge in [-0.05, 0) is 62.0 Å². The van der Waals surface area contributed by atoms with Crippen molar-refractivity contribution in [1.82, 2.24) is 10.2 Å². The van der Waals surface area contributed by atoms with Crippen molar-refractivity contribution >= 4 is 11.6 Å². The molecule has 0 saturated carbocycles. The summed E-state index contributed by atoms with van der Waals surface area (Å²) in [4.78, 5) is 2.57. The summed E-state index contributed by atoms with van der Waals surface area (Å²) in [5, 5.41) is 4.16. The minimum atomic E-state index is 0.488. The van der Waals surface area contributed by atoms with Crippen molar-refractivity contribution in [1.29, 1.82) is 0 Å². The highest BCUT2D eigenvalue weighted by atomic mass is 35.5. The van der Waals surface area contributed by atoms with Crippen LogP contribution in [0, 0.1) is 5.41 Å². The normalized spacial score (nSPS) is 21.1.